The Morgan fingerprint density at radius 2 is 1.69 bits per heavy atom. The molecule has 3 saturated heterocycles. The second kappa shape index (κ2) is 18.1. The van der Waals surface area contributed by atoms with E-state index in [4.69, 9.17) is 9.72 Å². The first-order valence-corrected chi connectivity index (χ1v) is 21.6. The van der Waals surface area contributed by atoms with Gasteiger partial charge in [-0.1, -0.05) is 18.6 Å². The van der Waals surface area contributed by atoms with Crippen molar-refractivity contribution in [3.05, 3.63) is 95.4 Å². The fraction of sp³-hybridized carbons (Fsp3) is 0.413. The molecule has 3 fully saturated rings. The summed E-state index contributed by atoms with van der Waals surface area (Å²) in [5, 5.41) is 10.4. The SMILES string of the molecule is O=C1CCC(N2Cc3cc(NCCCCCC(=O)N4CCC(n5cc(-c6cnc7cccc(-c8cc(F)c(CN9CCOCC9)c(F)c8)c7n6)cn5)CC4)ccc3C2=O)C(=O)N1. The van der Waals surface area contributed by atoms with Gasteiger partial charge in [0.25, 0.3) is 5.91 Å². The number of piperidine rings is 2. The summed E-state index contributed by atoms with van der Waals surface area (Å²) in [7, 11) is 0. The highest BCUT2D eigenvalue weighted by Crippen LogP contribution is 2.33. The summed E-state index contributed by atoms with van der Waals surface area (Å²) in [6, 6.07) is 13.3. The highest BCUT2D eigenvalue weighted by atomic mass is 19.1. The van der Waals surface area contributed by atoms with Crippen molar-refractivity contribution >= 4 is 40.3 Å². The molecular weight excluding hydrogens is 797 g/mol. The summed E-state index contributed by atoms with van der Waals surface area (Å²) >= 11 is 0. The third kappa shape index (κ3) is 8.79. The first-order valence-electron chi connectivity index (χ1n) is 21.6. The van der Waals surface area contributed by atoms with Crippen LogP contribution in [0.1, 0.15) is 78.9 Å². The number of anilines is 1. The standard InChI is InChI=1S/C46H49F2N9O5/c47-37-22-29(23-38(48)36(37)28-54-17-19-62-20-18-54)34-5-4-6-39-44(34)52-40(25-50-39)31-24-51-57(27-31)33-12-15-55(16-13-33)43(59)7-2-1-3-14-49-32-8-9-35-30(21-32)26-56(46(35)61)41-10-11-42(58)53-45(41)60/h4-6,8-9,21-25,27,33,41,49H,1-3,7,10-20,26,28H2,(H,53,58,60). The quantitative estimate of drug-likeness (QED) is 0.109. The van der Waals surface area contributed by atoms with Gasteiger partial charge in [-0.3, -0.25) is 39.1 Å². The Balaban J connectivity index is 0.734. The van der Waals surface area contributed by atoms with Gasteiger partial charge in [0.15, 0.2) is 0 Å². The van der Waals surface area contributed by atoms with Crippen LogP contribution in [0, 0.1) is 11.6 Å². The first kappa shape index (κ1) is 41.2. The fourth-order valence-electron chi connectivity index (χ4n) is 9.00. The van der Waals surface area contributed by atoms with Gasteiger partial charge in [-0.15, -0.1) is 0 Å². The van der Waals surface area contributed by atoms with Gasteiger partial charge < -0.3 is 19.9 Å². The average molecular weight is 846 g/mol. The van der Waals surface area contributed by atoms with E-state index in [1.54, 1.807) is 29.4 Å². The molecule has 2 N–H and O–H groups in total. The van der Waals surface area contributed by atoms with Crippen molar-refractivity contribution in [2.45, 2.75) is 76.5 Å². The van der Waals surface area contributed by atoms with Crippen molar-refractivity contribution in [1.29, 1.82) is 0 Å². The molecule has 0 saturated carbocycles. The van der Waals surface area contributed by atoms with Crippen molar-refractivity contribution in [2.75, 3.05) is 51.3 Å². The number of aromatic nitrogens is 4. The summed E-state index contributed by atoms with van der Waals surface area (Å²) in [5.74, 6) is -1.94. The van der Waals surface area contributed by atoms with E-state index in [1.165, 1.54) is 12.1 Å². The average Bonchev–Trinajstić information content (AvgIpc) is 3.91. The van der Waals surface area contributed by atoms with Crippen LogP contribution in [0.25, 0.3) is 33.4 Å². The number of imide groups is 1. The van der Waals surface area contributed by atoms with Crippen LogP contribution in [0.4, 0.5) is 14.5 Å². The van der Waals surface area contributed by atoms with Crippen molar-refractivity contribution in [2.24, 2.45) is 0 Å². The zero-order valence-electron chi connectivity index (χ0n) is 34.5. The summed E-state index contributed by atoms with van der Waals surface area (Å²) < 4.78 is 38.1. The van der Waals surface area contributed by atoms with E-state index < -0.39 is 23.6 Å². The van der Waals surface area contributed by atoms with Crippen LogP contribution in [-0.4, -0.2) is 110 Å². The maximum atomic E-state index is 15.4. The maximum Gasteiger partial charge on any atom is 0.255 e. The summed E-state index contributed by atoms with van der Waals surface area (Å²) in [5.41, 5.74) is 5.91. The number of unbranched alkanes of at least 4 members (excludes halogenated alkanes) is 2. The number of para-hydroxylation sites is 1. The molecule has 322 valence electrons. The minimum atomic E-state index is -0.635. The van der Waals surface area contributed by atoms with Crippen LogP contribution < -0.4 is 10.6 Å². The number of benzene rings is 3. The summed E-state index contributed by atoms with van der Waals surface area (Å²) in [6.07, 6.45) is 10.6. The largest absolute Gasteiger partial charge is 0.385 e. The highest BCUT2D eigenvalue weighted by Gasteiger charge is 2.39. The zero-order chi connectivity index (χ0) is 42.7. The third-order valence-corrected chi connectivity index (χ3v) is 12.5. The number of nitrogens with zero attached hydrogens (tertiary/aromatic N) is 7. The van der Waals surface area contributed by atoms with Gasteiger partial charge in [0.05, 0.1) is 48.4 Å². The van der Waals surface area contributed by atoms with Gasteiger partial charge in [0.1, 0.15) is 17.7 Å². The van der Waals surface area contributed by atoms with E-state index in [9.17, 15) is 19.2 Å². The van der Waals surface area contributed by atoms with E-state index in [0.29, 0.717) is 92.2 Å². The van der Waals surface area contributed by atoms with Crippen molar-refractivity contribution in [3.8, 4) is 22.4 Å². The molecular formula is C46H49F2N9O5. The van der Waals surface area contributed by atoms with Crippen LogP contribution in [-0.2, 0) is 32.2 Å². The molecule has 1 unspecified atom stereocenters. The van der Waals surface area contributed by atoms with Crippen LogP contribution >= 0.6 is 0 Å². The van der Waals surface area contributed by atoms with Crippen molar-refractivity contribution < 1.29 is 32.7 Å². The highest BCUT2D eigenvalue weighted by molar-refractivity contribution is 6.05. The van der Waals surface area contributed by atoms with E-state index in [-0.39, 0.29) is 42.3 Å². The first-order chi connectivity index (χ1) is 30.2. The smallest absolute Gasteiger partial charge is 0.255 e. The minimum Gasteiger partial charge on any atom is -0.385 e. The third-order valence-electron chi connectivity index (χ3n) is 12.5. The predicted molar refractivity (Wildman–Crippen MR) is 227 cm³/mol. The Kier molecular flexibility index (Phi) is 12.0. The van der Waals surface area contributed by atoms with Crippen LogP contribution in [0.3, 0.4) is 0 Å². The molecule has 6 heterocycles. The molecule has 14 nitrogen and oxygen atoms in total. The lowest BCUT2D eigenvalue weighted by Gasteiger charge is -2.32. The molecule has 4 aliphatic heterocycles. The lowest BCUT2D eigenvalue weighted by Crippen LogP contribution is -2.52. The number of amides is 4. The van der Waals surface area contributed by atoms with E-state index in [1.807, 2.05) is 44.9 Å². The van der Waals surface area contributed by atoms with Crippen molar-refractivity contribution in [3.63, 3.8) is 0 Å². The molecule has 0 radical (unpaired) electrons. The molecule has 0 bridgehead atoms. The fourth-order valence-corrected chi connectivity index (χ4v) is 9.00. The van der Waals surface area contributed by atoms with Gasteiger partial charge in [0.2, 0.25) is 17.7 Å². The number of halogens is 2. The summed E-state index contributed by atoms with van der Waals surface area (Å²) in [4.78, 5) is 65.1. The Morgan fingerprint density at radius 1 is 0.887 bits per heavy atom. The normalized spacial score (nSPS) is 18.7. The minimum absolute atomic E-state index is 0.0459. The number of hydrogen-bond acceptors (Lipinski definition) is 10. The molecule has 5 aromatic rings. The molecule has 0 aliphatic carbocycles. The Morgan fingerprint density at radius 3 is 2.48 bits per heavy atom. The van der Waals surface area contributed by atoms with Crippen LogP contribution in [0.15, 0.2) is 67.1 Å². The lowest BCUT2D eigenvalue weighted by atomic mass is 10.0. The number of fused-ring (bicyclic) bond motifs is 2. The van der Waals surface area contributed by atoms with Gasteiger partial charge >= 0.3 is 0 Å². The number of ether oxygens (including phenoxy) is 1. The number of hydrogen-bond donors (Lipinski definition) is 2. The number of nitrogens with one attached hydrogen (secondary N) is 2. The topological polar surface area (TPSA) is 155 Å². The van der Waals surface area contributed by atoms with Gasteiger partial charge in [-0.2, -0.15) is 5.10 Å². The second-order valence-electron chi connectivity index (χ2n) is 16.6. The molecule has 0 spiro atoms. The Bertz CT molecular complexity index is 2490. The zero-order valence-corrected chi connectivity index (χ0v) is 34.5. The molecule has 2 aromatic heterocycles. The molecule has 1 atom stereocenters. The van der Waals surface area contributed by atoms with Crippen LogP contribution in [0.5, 0.6) is 0 Å². The van der Waals surface area contributed by atoms with Crippen molar-refractivity contribution in [1.82, 2.24) is 39.8 Å². The van der Waals surface area contributed by atoms with E-state index >= 15 is 8.78 Å². The van der Waals surface area contributed by atoms with Crippen LogP contribution in [0.2, 0.25) is 0 Å². The monoisotopic (exact) mass is 845 g/mol. The molecule has 4 amide bonds. The number of carbonyl (C=O) groups is 4. The molecule has 4 aliphatic rings. The van der Waals surface area contributed by atoms with E-state index in [2.05, 4.69) is 20.7 Å². The Hall–Kier alpha value is -6.13. The molecule has 16 heteroatoms. The van der Waals surface area contributed by atoms with Gasteiger partial charge in [-0.05, 0) is 79.6 Å². The number of rotatable bonds is 13. The molecule has 3 aromatic carbocycles. The number of likely N-dealkylation sites (tertiary alicyclic amines) is 1. The van der Waals surface area contributed by atoms with Gasteiger partial charge in [-0.25, -0.2) is 13.8 Å². The number of morpholine rings is 1. The lowest BCUT2D eigenvalue weighted by molar-refractivity contribution is -0.137. The van der Waals surface area contributed by atoms with Gasteiger partial charge in [0, 0.05) is 92.8 Å². The summed E-state index contributed by atoms with van der Waals surface area (Å²) in [6.45, 7) is 4.90. The Labute approximate surface area is 357 Å². The molecule has 62 heavy (non-hydrogen) atoms. The predicted octanol–water partition coefficient (Wildman–Crippen LogP) is 5.87. The maximum absolute atomic E-state index is 15.4. The number of carbonyl (C=O) groups excluding carboxylic acids is 4. The second-order valence-corrected chi connectivity index (χ2v) is 16.6. The molecule has 9 rings (SSSR count). The van der Waals surface area contributed by atoms with E-state index in [0.717, 1.165) is 55.5 Å².